The van der Waals surface area contributed by atoms with Crippen molar-refractivity contribution in [2.75, 3.05) is 5.32 Å². The summed E-state index contributed by atoms with van der Waals surface area (Å²) in [6, 6.07) is 14.8. The van der Waals surface area contributed by atoms with Gasteiger partial charge in [0.1, 0.15) is 12.4 Å². The monoisotopic (exact) mass is 421 g/mol. The lowest BCUT2D eigenvalue weighted by atomic mass is 10.1. The molecule has 1 amide bonds. The van der Waals surface area contributed by atoms with E-state index in [0.717, 1.165) is 32.7 Å². The minimum Gasteiger partial charge on any atom is -0.487 e. The van der Waals surface area contributed by atoms with Crippen molar-refractivity contribution in [3.63, 3.8) is 0 Å². The molecular weight excluding hydrogens is 402 g/mol. The molecule has 146 valence electrons. The lowest BCUT2D eigenvalue weighted by Gasteiger charge is -2.09. The van der Waals surface area contributed by atoms with Crippen LogP contribution in [0.1, 0.15) is 26.1 Å². The van der Waals surface area contributed by atoms with Gasteiger partial charge in [-0.2, -0.15) is 0 Å². The summed E-state index contributed by atoms with van der Waals surface area (Å²) >= 11 is 3.20. The van der Waals surface area contributed by atoms with Crippen LogP contribution in [0.2, 0.25) is 0 Å². The Morgan fingerprint density at radius 3 is 2.55 bits per heavy atom. The fourth-order valence-corrected chi connectivity index (χ4v) is 4.03. The third-order valence-corrected chi connectivity index (χ3v) is 5.78. The van der Waals surface area contributed by atoms with E-state index >= 15 is 0 Å². The van der Waals surface area contributed by atoms with Crippen LogP contribution in [0, 0.1) is 13.8 Å². The Balaban J connectivity index is 1.44. The van der Waals surface area contributed by atoms with E-state index in [2.05, 4.69) is 15.3 Å². The summed E-state index contributed by atoms with van der Waals surface area (Å²) in [6.45, 7) is 4.32. The molecule has 0 aliphatic heterocycles. The molecular formula is C22H19N3O2S2. The number of hydrogen-bond donors (Lipinski definition) is 1. The van der Waals surface area contributed by atoms with E-state index in [1.54, 1.807) is 34.8 Å². The number of nitrogens with zero attached hydrogens (tertiary/aromatic N) is 2. The Morgan fingerprint density at radius 1 is 1.00 bits per heavy atom. The number of carbonyl (C=O) groups excluding carboxylic acids is 1. The standard InChI is InChI=1S/C22H19N3O2S2/c1-14-23-19(12-28-14)11-27-20-8-4-6-17(10-20)22(26)25-18-7-3-5-16(9-18)21-13-29-15(2)24-21/h3-10,12-13H,11H2,1-2H3,(H,25,26). The van der Waals surface area contributed by atoms with Crippen LogP contribution in [0.5, 0.6) is 5.75 Å². The summed E-state index contributed by atoms with van der Waals surface area (Å²) in [4.78, 5) is 21.6. The molecule has 2 heterocycles. The minimum absolute atomic E-state index is 0.188. The molecule has 0 atom stereocenters. The molecule has 2 aromatic heterocycles. The van der Waals surface area contributed by atoms with E-state index in [9.17, 15) is 4.79 Å². The number of carbonyl (C=O) groups is 1. The summed E-state index contributed by atoms with van der Waals surface area (Å²) in [7, 11) is 0. The third-order valence-electron chi connectivity index (χ3n) is 4.18. The van der Waals surface area contributed by atoms with Crippen molar-refractivity contribution in [2.45, 2.75) is 20.5 Å². The molecule has 2 aromatic carbocycles. The maximum atomic E-state index is 12.7. The predicted molar refractivity (Wildman–Crippen MR) is 118 cm³/mol. The van der Waals surface area contributed by atoms with Crippen molar-refractivity contribution >= 4 is 34.3 Å². The zero-order valence-electron chi connectivity index (χ0n) is 16.0. The molecule has 29 heavy (non-hydrogen) atoms. The number of anilines is 1. The van der Waals surface area contributed by atoms with Gasteiger partial charge in [-0.05, 0) is 44.2 Å². The van der Waals surface area contributed by atoms with Crippen LogP contribution in [0.25, 0.3) is 11.3 Å². The lowest BCUT2D eigenvalue weighted by molar-refractivity contribution is 0.102. The van der Waals surface area contributed by atoms with Crippen LogP contribution >= 0.6 is 22.7 Å². The van der Waals surface area contributed by atoms with Crippen LogP contribution in [0.4, 0.5) is 5.69 Å². The Hall–Kier alpha value is -3.03. The van der Waals surface area contributed by atoms with Gasteiger partial charge in [0, 0.05) is 27.6 Å². The summed E-state index contributed by atoms with van der Waals surface area (Å²) in [5.74, 6) is 0.446. The quantitative estimate of drug-likeness (QED) is 0.433. The van der Waals surface area contributed by atoms with Crippen LogP contribution in [0.15, 0.2) is 59.3 Å². The molecule has 0 aliphatic carbocycles. The number of nitrogens with one attached hydrogen (secondary N) is 1. The van der Waals surface area contributed by atoms with Gasteiger partial charge in [-0.3, -0.25) is 4.79 Å². The molecule has 1 N–H and O–H groups in total. The topological polar surface area (TPSA) is 64.1 Å². The van der Waals surface area contributed by atoms with Gasteiger partial charge < -0.3 is 10.1 Å². The normalized spacial score (nSPS) is 10.7. The third kappa shape index (κ3) is 4.88. The Kier molecular flexibility index (Phi) is 5.69. The fraction of sp³-hybridized carbons (Fsp3) is 0.136. The molecule has 0 saturated carbocycles. The van der Waals surface area contributed by atoms with E-state index < -0.39 is 0 Å². The van der Waals surface area contributed by atoms with Gasteiger partial charge in [-0.1, -0.05) is 18.2 Å². The van der Waals surface area contributed by atoms with Gasteiger partial charge in [0.2, 0.25) is 0 Å². The second kappa shape index (κ2) is 8.55. The van der Waals surface area contributed by atoms with Crippen molar-refractivity contribution in [2.24, 2.45) is 0 Å². The number of aryl methyl sites for hydroxylation is 2. The molecule has 4 rings (SSSR count). The summed E-state index contributed by atoms with van der Waals surface area (Å²) in [6.07, 6.45) is 0. The van der Waals surface area contributed by atoms with E-state index in [-0.39, 0.29) is 5.91 Å². The molecule has 0 radical (unpaired) electrons. The second-order valence-corrected chi connectivity index (χ2v) is 8.59. The molecule has 0 aliphatic rings. The lowest BCUT2D eigenvalue weighted by Crippen LogP contribution is -2.12. The smallest absolute Gasteiger partial charge is 0.255 e. The van der Waals surface area contributed by atoms with Crippen molar-refractivity contribution in [3.05, 3.63) is 80.6 Å². The predicted octanol–water partition coefficient (Wildman–Crippen LogP) is 5.71. The van der Waals surface area contributed by atoms with Gasteiger partial charge >= 0.3 is 0 Å². The summed E-state index contributed by atoms with van der Waals surface area (Å²) in [5, 5.41) is 8.96. The number of amides is 1. The number of ether oxygens (including phenoxy) is 1. The Labute approximate surface area is 177 Å². The van der Waals surface area contributed by atoms with Crippen molar-refractivity contribution < 1.29 is 9.53 Å². The largest absolute Gasteiger partial charge is 0.487 e. The average molecular weight is 422 g/mol. The minimum atomic E-state index is -0.188. The van der Waals surface area contributed by atoms with Gasteiger partial charge in [-0.25, -0.2) is 9.97 Å². The van der Waals surface area contributed by atoms with Crippen molar-refractivity contribution in [1.82, 2.24) is 9.97 Å². The van der Waals surface area contributed by atoms with Gasteiger partial charge in [-0.15, -0.1) is 22.7 Å². The van der Waals surface area contributed by atoms with E-state index in [0.29, 0.717) is 17.9 Å². The van der Waals surface area contributed by atoms with Crippen LogP contribution in [-0.4, -0.2) is 15.9 Å². The summed E-state index contributed by atoms with van der Waals surface area (Å²) in [5.41, 5.74) is 4.03. The first kappa shape index (κ1) is 19.3. The second-order valence-electron chi connectivity index (χ2n) is 6.46. The van der Waals surface area contributed by atoms with Gasteiger partial charge in [0.05, 0.1) is 21.4 Å². The zero-order valence-corrected chi connectivity index (χ0v) is 17.6. The number of benzene rings is 2. The summed E-state index contributed by atoms with van der Waals surface area (Å²) < 4.78 is 5.78. The molecule has 5 nitrogen and oxygen atoms in total. The van der Waals surface area contributed by atoms with Crippen molar-refractivity contribution in [1.29, 1.82) is 0 Å². The first-order valence-corrected chi connectivity index (χ1v) is 10.8. The number of aromatic nitrogens is 2. The Morgan fingerprint density at radius 2 is 1.79 bits per heavy atom. The van der Waals surface area contributed by atoms with E-state index in [4.69, 9.17) is 4.74 Å². The molecule has 0 bridgehead atoms. The van der Waals surface area contributed by atoms with Gasteiger partial charge in [0.15, 0.2) is 0 Å². The molecule has 7 heteroatoms. The maximum absolute atomic E-state index is 12.7. The Bertz CT molecular complexity index is 1150. The molecule has 4 aromatic rings. The molecule has 0 unspecified atom stereocenters. The highest BCUT2D eigenvalue weighted by Gasteiger charge is 2.10. The number of hydrogen-bond acceptors (Lipinski definition) is 6. The van der Waals surface area contributed by atoms with Crippen LogP contribution < -0.4 is 10.1 Å². The maximum Gasteiger partial charge on any atom is 0.255 e. The highest BCUT2D eigenvalue weighted by molar-refractivity contribution is 7.10. The first-order valence-electron chi connectivity index (χ1n) is 9.04. The van der Waals surface area contributed by atoms with Crippen LogP contribution in [0.3, 0.4) is 0 Å². The SMILES string of the molecule is Cc1nc(COc2cccc(C(=O)Nc3cccc(-c4csc(C)n4)c3)c2)cs1. The molecule has 0 fully saturated rings. The van der Waals surface area contributed by atoms with Gasteiger partial charge in [0.25, 0.3) is 5.91 Å². The highest BCUT2D eigenvalue weighted by Crippen LogP contribution is 2.25. The molecule has 0 spiro atoms. The highest BCUT2D eigenvalue weighted by atomic mass is 32.1. The average Bonchev–Trinajstić information content (AvgIpc) is 3.35. The van der Waals surface area contributed by atoms with Crippen LogP contribution in [-0.2, 0) is 6.61 Å². The van der Waals surface area contributed by atoms with E-state index in [1.807, 2.05) is 61.0 Å². The van der Waals surface area contributed by atoms with E-state index in [1.165, 1.54) is 0 Å². The zero-order chi connectivity index (χ0) is 20.2. The number of thiazole rings is 2. The number of rotatable bonds is 6. The molecule has 0 saturated heterocycles. The van der Waals surface area contributed by atoms with Crippen molar-refractivity contribution in [3.8, 4) is 17.0 Å². The first-order chi connectivity index (χ1) is 14.1. The fourth-order valence-electron chi connectivity index (χ4n) is 2.81.